The van der Waals surface area contributed by atoms with Gasteiger partial charge >= 0.3 is 5.97 Å². The third kappa shape index (κ3) is 7.68. The third-order valence-electron chi connectivity index (χ3n) is 5.11. The average Bonchev–Trinajstić information content (AvgIpc) is 2.92. The number of carbonyl (C=O) groups is 1. The Hall–Kier alpha value is -4.11. The molecule has 3 rings (SSSR count). The number of rotatable bonds is 11. The molecule has 0 saturated heterocycles. The maximum atomic E-state index is 12.3. The topological polar surface area (TPSA) is 87.9 Å². The molecule has 3 aromatic rings. The molecule has 0 aliphatic rings. The van der Waals surface area contributed by atoms with Gasteiger partial charge in [0.25, 0.3) is 0 Å². The molecular formula is C28H27BrN2O6. The van der Waals surface area contributed by atoms with Gasteiger partial charge in [-0.3, -0.25) is 0 Å². The zero-order valence-electron chi connectivity index (χ0n) is 20.9. The quantitative estimate of drug-likeness (QED) is 0.0863. The molecule has 0 spiro atoms. The van der Waals surface area contributed by atoms with Crippen LogP contribution in [0.4, 0.5) is 0 Å². The summed E-state index contributed by atoms with van der Waals surface area (Å²) >= 11 is 3.41. The van der Waals surface area contributed by atoms with E-state index >= 15 is 0 Å². The van der Waals surface area contributed by atoms with Crippen molar-refractivity contribution in [1.29, 1.82) is 0 Å². The molecule has 3 aromatic carbocycles. The van der Waals surface area contributed by atoms with E-state index in [1.165, 1.54) is 33.8 Å². The van der Waals surface area contributed by atoms with E-state index in [0.29, 0.717) is 17.0 Å². The first kappa shape index (κ1) is 27.5. The minimum absolute atomic E-state index is 0.270. The van der Waals surface area contributed by atoms with E-state index in [0.717, 1.165) is 21.3 Å². The molecule has 0 amide bonds. The summed E-state index contributed by atoms with van der Waals surface area (Å²) in [4.78, 5) is 23.0. The number of hydrogen-bond acceptors (Lipinski definition) is 8. The van der Waals surface area contributed by atoms with E-state index in [1.54, 1.807) is 6.07 Å². The molecule has 8 nitrogen and oxygen atoms in total. The molecule has 0 saturated carbocycles. The fraction of sp³-hybridized carbons (Fsp3) is 0.179. The predicted octanol–water partition coefficient (Wildman–Crippen LogP) is 6.52. The van der Waals surface area contributed by atoms with Crippen LogP contribution >= 0.6 is 15.9 Å². The molecule has 0 heterocycles. The van der Waals surface area contributed by atoms with E-state index in [9.17, 15) is 4.79 Å². The van der Waals surface area contributed by atoms with E-state index in [2.05, 4.69) is 26.2 Å². The van der Waals surface area contributed by atoms with Crippen molar-refractivity contribution in [2.75, 3.05) is 21.3 Å². The first-order valence-corrected chi connectivity index (χ1v) is 12.0. The highest BCUT2D eigenvalue weighted by Gasteiger charge is 2.20. The van der Waals surface area contributed by atoms with Crippen molar-refractivity contribution in [2.45, 2.75) is 13.0 Å². The lowest BCUT2D eigenvalue weighted by atomic mass is 9.97. The van der Waals surface area contributed by atoms with E-state index in [4.69, 9.17) is 23.9 Å². The van der Waals surface area contributed by atoms with Crippen LogP contribution in [0, 0.1) is 0 Å². The summed E-state index contributed by atoms with van der Waals surface area (Å²) in [5.41, 5.74) is 2.82. The number of benzene rings is 3. The van der Waals surface area contributed by atoms with Gasteiger partial charge < -0.3 is 23.9 Å². The molecule has 0 aliphatic carbocycles. The number of carbonyl (C=O) groups excluding carboxylic acids is 1. The van der Waals surface area contributed by atoms with Crippen molar-refractivity contribution in [2.24, 2.45) is 10.3 Å². The summed E-state index contributed by atoms with van der Waals surface area (Å²) in [6.07, 6.45) is 2.30. The van der Waals surface area contributed by atoms with E-state index < -0.39 is 12.1 Å². The molecule has 9 heteroatoms. The van der Waals surface area contributed by atoms with Gasteiger partial charge in [0, 0.05) is 15.6 Å². The van der Waals surface area contributed by atoms with Crippen molar-refractivity contribution in [3.63, 3.8) is 0 Å². The average molecular weight is 567 g/mol. The zero-order chi connectivity index (χ0) is 26.6. The molecule has 1 unspecified atom stereocenters. The minimum atomic E-state index is -0.521. The Morgan fingerprint density at radius 3 is 2.19 bits per heavy atom. The maximum Gasteiger partial charge on any atom is 0.341 e. The van der Waals surface area contributed by atoms with E-state index in [1.807, 2.05) is 73.7 Å². The summed E-state index contributed by atoms with van der Waals surface area (Å²) < 4.78 is 16.8. The second-order valence-electron chi connectivity index (χ2n) is 7.57. The summed E-state index contributed by atoms with van der Waals surface area (Å²) in [5, 5.41) is 8.16. The molecule has 37 heavy (non-hydrogen) atoms. The van der Waals surface area contributed by atoms with Crippen LogP contribution in [0.2, 0.25) is 0 Å². The predicted molar refractivity (Wildman–Crippen MR) is 146 cm³/mol. The highest BCUT2D eigenvalue weighted by atomic mass is 79.9. The normalized spacial score (nSPS) is 12.7. The Morgan fingerprint density at radius 2 is 1.57 bits per heavy atom. The molecule has 0 fully saturated rings. The Kier molecular flexibility index (Phi) is 10.3. The smallest absolute Gasteiger partial charge is 0.341 e. The van der Waals surface area contributed by atoms with Crippen molar-refractivity contribution >= 4 is 39.4 Å². The van der Waals surface area contributed by atoms with Gasteiger partial charge in [-0.05, 0) is 61.0 Å². The second-order valence-corrected chi connectivity index (χ2v) is 8.48. The van der Waals surface area contributed by atoms with Crippen LogP contribution in [0.25, 0.3) is 5.57 Å². The first-order chi connectivity index (χ1) is 18.0. The molecular weight excluding hydrogens is 540 g/mol. The van der Waals surface area contributed by atoms with Crippen molar-refractivity contribution in [1.82, 2.24) is 0 Å². The van der Waals surface area contributed by atoms with Crippen LogP contribution in [0.5, 0.6) is 11.5 Å². The summed E-state index contributed by atoms with van der Waals surface area (Å²) in [5.74, 6) is 0.875. The number of esters is 1. The van der Waals surface area contributed by atoms with E-state index in [-0.39, 0.29) is 5.57 Å². The lowest BCUT2D eigenvalue weighted by molar-refractivity contribution is -0.133. The second kappa shape index (κ2) is 13.8. The van der Waals surface area contributed by atoms with Gasteiger partial charge in [-0.25, -0.2) is 4.79 Å². The highest BCUT2D eigenvalue weighted by molar-refractivity contribution is 9.10. The Balaban J connectivity index is 1.73. The summed E-state index contributed by atoms with van der Waals surface area (Å²) in [6.45, 7) is 1.82. The van der Waals surface area contributed by atoms with Crippen LogP contribution < -0.4 is 4.74 Å². The molecule has 0 bridgehead atoms. The number of methoxy groups -OCH3 is 2. The summed E-state index contributed by atoms with van der Waals surface area (Å²) in [6, 6.07) is 22.2. The van der Waals surface area contributed by atoms with Gasteiger partial charge in [-0.1, -0.05) is 50.5 Å². The molecule has 192 valence electrons. The SMILES string of the molecule is COC=C(C(=O)OC)c1ccccc1C(C)ON=CC(=NOC)c1ccc(Oc2ccc(Br)cc2)cc1. The van der Waals surface area contributed by atoms with Crippen LogP contribution in [-0.4, -0.2) is 39.2 Å². The van der Waals surface area contributed by atoms with Crippen LogP contribution in [-0.2, 0) is 23.9 Å². The highest BCUT2D eigenvalue weighted by Crippen LogP contribution is 2.28. The lowest BCUT2D eigenvalue weighted by Gasteiger charge is -2.16. The molecule has 0 radical (unpaired) electrons. The number of halogens is 1. The Morgan fingerprint density at radius 1 is 0.919 bits per heavy atom. The zero-order valence-corrected chi connectivity index (χ0v) is 22.5. The van der Waals surface area contributed by atoms with Crippen LogP contribution in [0.1, 0.15) is 29.7 Å². The van der Waals surface area contributed by atoms with Gasteiger partial charge in [0.1, 0.15) is 36.0 Å². The largest absolute Gasteiger partial charge is 0.503 e. The van der Waals surface area contributed by atoms with Crippen molar-refractivity contribution in [3.8, 4) is 11.5 Å². The van der Waals surface area contributed by atoms with Gasteiger partial charge in [0.15, 0.2) is 0 Å². The fourth-order valence-corrected chi connectivity index (χ4v) is 3.62. The van der Waals surface area contributed by atoms with Crippen LogP contribution in [0.15, 0.2) is 93.8 Å². The number of hydrogen-bond donors (Lipinski definition) is 0. The summed E-state index contributed by atoms with van der Waals surface area (Å²) in [7, 11) is 4.23. The van der Waals surface area contributed by atoms with Crippen molar-refractivity contribution in [3.05, 3.63) is 100 Å². The van der Waals surface area contributed by atoms with Gasteiger partial charge in [0.2, 0.25) is 0 Å². The number of oxime groups is 2. The van der Waals surface area contributed by atoms with Gasteiger partial charge in [0.05, 0.1) is 26.7 Å². The number of ether oxygens (including phenoxy) is 3. The van der Waals surface area contributed by atoms with Crippen LogP contribution in [0.3, 0.4) is 0 Å². The maximum absolute atomic E-state index is 12.3. The molecule has 0 aromatic heterocycles. The molecule has 1 atom stereocenters. The monoisotopic (exact) mass is 566 g/mol. The fourth-order valence-electron chi connectivity index (χ4n) is 3.36. The molecule has 0 aliphatic heterocycles. The lowest BCUT2D eigenvalue weighted by Crippen LogP contribution is -2.09. The van der Waals surface area contributed by atoms with Gasteiger partial charge in [-0.2, -0.15) is 0 Å². The Labute approximate surface area is 224 Å². The van der Waals surface area contributed by atoms with Crippen molar-refractivity contribution < 1.29 is 28.7 Å². The number of nitrogens with zero attached hydrogens (tertiary/aromatic N) is 2. The Bertz CT molecular complexity index is 1270. The standard InChI is InChI=1S/C28H27BrN2O6/c1-19(24-7-5-6-8-25(24)26(18-33-2)28(32)34-3)37-30-17-27(31-35-4)20-9-13-22(14-10-20)36-23-15-11-21(29)12-16-23/h5-19H,1-4H3. The first-order valence-electron chi connectivity index (χ1n) is 11.2. The molecule has 0 N–H and O–H groups in total. The minimum Gasteiger partial charge on any atom is -0.503 e. The van der Waals surface area contributed by atoms with Gasteiger partial charge in [-0.15, -0.1) is 0 Å². The third-order valence-corrected chi connectivity index (χ3v) is 5.64.